The first-order valence-corrected chi connectivity index (χ1v) is 20.1. The SMILES string of the molecule is CCCCC/C=C\C/C=C\CCCCCCCC(=O)[O][Pb][O]C(=O)CCCCCCC/C=C\C/C=C\CCCCC. The first-order valence-electron chi connectivity index (χ1n) is 16.9. The molecule has 0 bridgehead atoms. The smallest absolute Gasteiger partial charge is 0.0882 e. The van der Waals surface area contributed by atoms with Crippen molar-refractivity contribution in [2.24, 2.45) is 0 Å². The van der Waals surface area contributed by atoms with E-state index in [2.05, 4.69) is 62.5 Å². The van der Waals surface area contributed by atoms with Crippen molar-refractivity contribution in [3.63, 3.8) is 0 Å². The normalized spacial score (nSPS) is 12.0. The van der Waals surface area contributed by atoms with Crippen LogP contribution in [0.25, 0.3) is 0 Å². The van der Waals surface area contributed by atoms with E-state index in [0.29, 0.717) is 12.8 Å². The molecule has 0 N–H and O–H groups in total. The fourth-order valence-electron chi connectivity index (χ4n) is 4.38. The second-order valence-electron chi connectivity index (χ2n) is 11.0. The predicted molar refractivity (Wildman–Crippen MR) is 177 cm³/mol. The van der Waals surface area contributed by atoms with Crippen LogP contribution in [0.1, 0.15) is 168 Å². The Hall–Kier alpha value is -1.18. The van der Waals surface area contributed by atoms with Gasteiger partial charge in [0.1, 0.15) is 0 Å². The molecule has 0 heterocycles. The molecule has 2 radical (unpaired) electrons. The van der Waals surface area contributed by atoms with Crippen LogP contribution in [0, 0.1) is 0 Å². The number of rotatable bonds is 30. The Bertz CT molecular complexity index is 638. The molecule has 0 spiro atoms. The van der Waals surface area contributed by atoms with Crippen molar-refractivity contribution < 1.29 is 15.0 Å². The molecule has 0 aromatic carbocycles. The second-order valence-corrected chi connectivity index (χ2v) is 13.2. The van der Waals surface area contributed by atoms with E-state index >= 15 is 0 Å². The van der Waals surface area contributed by atoms with E-state index in [1.165, 1.54) is 77.0 Å². The predicted octanol–water partition coefficient (Wildman–Crippen LogP) is 11.2. The monoisotopic (exact) mass is 766 g/mol. The van der Waals surface area contributed by atoms with Gasteiger partial charge in [-0.1, -0.05) is 63.8 Å². The van der Waals surface area contributed by atoms with E-state index in [1.54, 1.807) is 0 Å². The summed E-state index contributed by atoms with van der Waals surface area (Å²) < 4.78 is 10.5. The summed E-state index contributed by atoms with van der Waals surface area (Å²) in [5.74, 6) is -0.382. The van der Waals surface area contributed by atoms with Crippen LogP contribution in [0.4, 0.5) is 0 Å². The molecule has 234 valence electrons. The minimum Gasteiger partial charge on any atom is -0.0882 e. The van der Waals surface area contributed by atoms with E-state index in [1.807, 2.05) is 0 Å². The van der Waals surface area contributed by atoms with Gasteiger partial charge in [0.2, 0.25) is 0 Å². The van der Waals surface area contributed by atoms with Crippen molar-refractivity contribution in [2.45, 2.75) is 168 Å². The molecular weight excluding hydrogens is 704 g/mol. The molecule has 0 unspecified atom stereocenters. The maximum absolute atomic E-state index is 11.9. The van der Waals surface area contributed by atoms with Gasteiger partial charge >= 0.3 is 179 Å². The Kier molecular flexibility index (Phi) is 34.0. The molecule has 0 aliphatic carbocycles. The van der Waals surface area contributed by atoms with Crippen molar-refractivity contribution in [3.8, 4) is 0 Å². The quantitative estimate of drug-likeness (QED) is 0.0415. The molecule has 0 fully saturated rings. The van der Waals surface area contributed by atoms with Gasteiger partial charge in [0.15, 0.2) is 0 Å². The van der Waals surface area contributed by atoms with E-state index in [4.69, 9.17) is 5.37 Å². The van der Waals surface area contributed by atoms with Crippen LogP contribution >= 0.6 is 0 Å². The Morgan fingerprint density at radius 3 is 1.12 bits per heavy atom. The minimum atomic E-state index is -2.05. The molecule has 0 saturated carbocycles. The van der Waals surface area contributed by atoms with E-state index in [0.717, 1.165) is 64.2 Å². The third-order valence-corrected chi connectivity index (χ3v) is 9.39. The molecule has 0 rings (SSSR count). The fraction of sp³-hybridized carbons (Fsp3) is 0.722. The van der Waals surface area contributed by atoms with Crippen molar-refractivity contribution in [3.05, 3.63) is 48.6 Å². The van der Waals surface area contributed by atoms with Gasteiger partial charge in [-0.05, 0) is 25.7 Å². The van der Waals surface area contributed by atoms with E-state index in [9.17, 15) is 9.59 Å². The average molecular weight is 766 g/mol. The van der Waals surface area contributed by atoms with E-state index < -0.39 is 25.1 Å². The summed E-state index contributed by atoms with van der Waals surface area (Å²) in [7, 11) is 0. The van der Waals surface area contributed by atoms with Crippen LogP contribution in [0.2, 0.25) is 0 Å². The second kappa shape index (κ2) is 35.0. The zero-order valence-electron chi connectivity index (χ0n) is 26.7. The van der Waals surface area contributed by atoms with Crippen LogP contribution in [-0.4, -0.2) is 37.1 Å². The van der Waals surface area contributed by atoms with Crippen LogP contribution in [0.15, 0.2) is 48.6 Å². The van der Waals surface area contributed by atoms with Gasteiger partial charge in [-0.2, -0.15) is 0 Å². The topological polar surface area (TPSA) is 52.6 Å². The molecule has 0 atom stereocenters. The average Bonchev–Trinajstić information content (AvgIpc) is 2.97. The van der Waals surface area contributed by atoms with Gasteiger partial charge in [0.25, 0.3) is 0 Å². The summed E-state index contributed by atoms with van der Waals surface area (Å²) in [4.78, 5) is 23.8. The Balaban J connectivity index is 3.41. The van der Waals surface area contributed by atoms with Gasteiger partial charge in [-0.15, -0.1) is 0 Å². The molecular formula is C36H62O4Pb. The third kappa shape index (κ3) is 34.9. The summed E-state index contributed by atoms with van der Waals surface area (Å²) in [5, 5.41) is 0. The van der Waals surface area contributed by atoms with Crippen molar-refractivity contribution in [1.82, 2.24) is 0 Å². The van der Waals surface area contributed by atoms with Crippen molar-refractivity contribution in [1.29, 1.82) is 0 Å². The maximum atomic E-state index is 11.9. The number of allylic oxidation sites excluding steroid dienone is 8. The first kappa shape index (κ1) is 39.8. The van der Waals surface area contributed by atoms with Gasteiger partial charge < -0.3 is 0 Å². The molecule has 41 heavy (non-hydrogen) atoms. The van der Waals surface area contributed by atoms with Gasteiger partial charge in [0, 0.05) is 0 Å². The number of unbranched alkanes of at least 4 members (excludes halogenated alkanes) is 16. The summed E-state index contributed by atoms with van der Waals surface area (Å²) in [6.07, 6.45) is 44.8. The molecule has 0 aliphatic heterocycles. The number of carbonyl (C=O) groups excluding carboxylic acids is 2. The summed E-state index contributed by atoms with van der Waals surface area (Å²) in [6.45, 7) is 4.48. The van der Waals surface area contributed by atoms with Gasteiger partial charge in [0.05, 0.1) is 0 Å². The fourth-order valence-corrected chi connectivity index (χ4v) is 6.06. The van der Waals surface area contributed by atoms with E-state index in [-0.39, 0.29) is 11.9 Å². The van der Waals surface area contributed by atoms with Crippen LogP contribution in [0.3, 0.4) is 0 Å². The number of carbonyl (C=O) groups is 2. The molecule has 0 saturated heterocycles. The van der Waals surface area contributed by atoms with Gasteiger partial charge in [-0.3, -0.25) is 0 Å². The standard InChI is InChI=1S/2C18H32O2.Pb/c2*1-2-3-4-5-6-7-8-9-10-11-12-13-14-15-16-17-18(19)20;/h2*6-7,9-10H,2-5,8,11-17H2,1H3,(H,19,20);/q;;+2/p-2/b2*7-6-,10-9-;. The zero-order valence-corrected chi connectivity index (χ0v) is 30.6. The summed E-state index contributed by atoms with van der Waals surface area (Å²) in [5.41, 5.74) is 0. The third-order valence-electron chi connectivity index (χ3n) is 6.97. The number of hydrogen-bond donors (Lipinski definition) is 0. The molecule has 0 aliphatic rings. The first-order chi connectivity index (χ1) is 20.2. The van der Waals surface area contributed by atoms with Gasteiger partial charge in [-0.25, -0.2) is 0 Å². The summed E-state index contributed by atoms with van der Waals surface area (Å²) in [6, 6.07) is 0. The Labute approximate surface area is 267 Å². The van der Waals surface area contributed by atoms with Crippen molar-refractivity contribution >= 4 is 37.1 Å². The van der Waals surface area contributed by atoms with Crippen molar-refractivity contribution in [2.75, 3.05) is 0 Å². The molecule has 0 amide bonds. The Morgan fingerprint density at radius 1 is 0.439 bits per heavy atom. The van der Waals surface area contributed by atoms with Crippen LogP contribution in [-0.2, 0) is 15.0 Å². The minimum absolute atomic E-state index is 0.191. The molecule has 0 aromatic rings. The number of hydrogen-bond acceptors (Lipinski definition) is 4. The van der Waals surface area contributed by atoms with Crippen LogP contribution < -0.4 is 0 Å². The van der Waals surface area contributed by atoms with Crippen LogP contribution in [0.5, 0.6) is 0 Å². The Morgan fingerprint density at radius 2 is 0.756 bits per heavy atom. The molecule has 4 nitrogen and oxygen atoms in total. The zero-order chi connectivity index (χ0) is 29.9. The molecule has 5 heteroatoms. The summed E-state index contributed by atoms with van der Waals surface area (Å²) >= 11 is -2.05. The molecule has 0 aromatic heterocycles.